The lowest BCUT2D eigenvalue weighted by Crippen LogP contribution is -2.01. The van der Waals surface area contributed by atoms with Gasteiger partial charge >= 0.3 is 5.97 Å². The smallest absolute Gasteiger partial charge is 0.337 e. The molecular formula is C15H11NO2S. The van der Waals surface area contributed by atoms with Gasteiger partial charge in [0.25, 0.3) is 0 Å². The summed E-state index contributed by atoms with van der Waals surface area (Å²) in [4.78, 5) is 18.1. The quantitative estimate of drug-likeness (QED) is 0.632. The number of benzene rings is 2. The minimum absolute atomic E-state index is 0.321. The summed E-state index contributed by atoms with van der Waals surface area (Å²) in [7, 11) is 1.39. The first-order valence-corrected chi connectivity index (χ1v) is 6.63. The van der Waals surface area contributed by atoms with E-state index in [0.717, 1.165) is 21.0 Å². The Balaban J connectivity index is 2.08. The van der Waals surface area contributed by atoms with Crippen molar-refractivity contribution in [3.8, 4) is 0 Å². The van der Waals surface area contributed by atoms with Crippen molar-refractivity contribution >= 4 is 29.6 Å². The second kappa shape index (κ2) is 4.90. The molecule has 0 unspecified atom stereocenters. The number of carbonyl (C=O) groups excluding carboxylic acids is 1. The van der Waals surface area contributed by atoms with Crippen molar-refractivity contribution in [2.24, 2.45) is 4.99 Å². The molecule has 1 aliphatic rings. The molecule has 0 amide bonds. The van der Waals surface area contributed by atoms with Crippen LogP contribution in [0.4, 0.5) is 5.69 Å². The van der Waals surface area contributed by atoms with Gasteiger partial charge in [-0.05, 0) is 24.3 Å². The van der Waals surface area contributed by atoms with Gasteiger partial charge in [-0.25, -0.2) is 4.79 Å². The summed E-state index contributed by atoms with van der Waals surface area (Å²) >= 11 is 1.61. The number of methoxy groups -OCH3 is 1. The average molecular weight is 269 g/mol. The van der Waals surface area contributed by atoms with E-state index in [1.807, 2.05) is 42.6 Å². The number of para-hydroxylation sites is 1. The zero-order chi connectivity index (χ0) is 13.2. The standard InChI is InChI=1S/C15H11NO2S/c1-18-15(17)10-6-7-11-9-16-12-4-2-3-5-13(12)19-14(11)8-10/h2-9H,1H3. The molecule has 0 radical (unpaired) electrons. The SMILES string of the molecule is COC(=O)c1ccc2c(c1)Sc1ccccc1N=C2. The van der Waals surface area contributed by atoms with E-state index in [4.69, 9.17) is 4.74 Å². The van der Waals surface area contributed by atoms with Crippen LogP contribution in [0.15, 0.2) is 57.2 Å². The number of rotatable bonds is 1. The number of fused-ring (bicyclic) bond motifs is 2. The zero-order valence-electron chi connectivity index (χ0n) is 10.3. The first-order valence-electron chi connectivity index (χ1n) is 5.81. The Morgan fingerprint density at radius 2 is 2.00 bits per heavy atom. The Labute approximate surface area is 115 Å². The van der Waals surface area contributed by atoms with Crippen LogP contribution in [0.2, 0.25) is 0 Å². The number of hydrogen-bond acceptors (Lipinski definition) is 4. The molecule has 4 heteroatoms. The van der Waals surface area contributed by atoms with E-state index in [0.29, 0.717) is 5.56 Å². The lowest BCUT2D eigenvalue weighted by atomic mass is 10.1. The van der Waals surface area contributed by atoms with Crippen molar-refractivity contribution in [1.82, 2.24) is 0 Å². The molecule has 0 bridgehead atoms. The van der Waals surface area contributed by atoms with Gasteiger partial charge in [-0.15, -0.1) is 0 Å². The molecule has 0 saturated carbocycles. The van der Waals surface area contributed by atoms with E-state index in [9.17, 15) is 4.79 Å². The van der Waals surface area contributed by atoms with E-state index in [2.05, 4.69) is 4.99 Å². The van der Waals surface area contributed by atoms with Crippen LogP contribution < -0.4 is 0 Å². The fourth-order valence-electron chi connectivity index (χ4n) is 1.88. The van der Waals surface area contributed by atoms with Gasteiger partial charge in [-0.2, -0.15) is 0 Å². The molecule has 0 saturated heterocycles. The Morgan fingerprint density at radius 1 is 1.16 bits per heavy atom. The Kier molecular flexibility index (Phi) is 3.09. The average Bonchev–Trinajstić information content (AvgIpc) is 2.64. The van der Waals surface area contributed by atoms with E-state index >= 15 is 0 Å². The minimum atomic E-state index is -0.321. The van der Waals surface area contributed by atoms with Crippen LogP contribution in [0.5, 0.6) is 0 Å². The van der Waals surface area contributed by atoms with E-state index in [1.165, 1.54) is 7.11 Å². The predicted octanol–water partition coefficient (Wildman–Crippen LogP) is 3.69. The Morgan fingerprint density at radius 3 is 2.84 bits per heavy atom. The normalized spacial score (nSPS) is 12.3. The summed E-state index contributed by atoms with van der Waals surface area (Å²) in [6.07, 6.45) is 1.83. The summed E-state index contributed by atoms with van der Waals surface area (Å²) in [6.45, 7) is 0. The van der Waals surface area contributed by atoms with Crippen molar-refractivity contribution in [2.75, 3.05) is 7.11 Å². The highest BCUT2D eigenvalue weighted by atomic mass is 32.2. The Bertz CT molecular complexity index is 680. The molecule has 3 nitrogen and oxygen atoms in total. The third kappa shape index (κ3) is 2.27. The maximum absolute atomic E-state index is 11.6. The second-order valence-corrected chi connectivity index (χ2v) is 5.16. The zero-order valence-corrected chi connectivity index (χ0v) is 11.1. The third-order valence-electron chi connectivity index (χ3n) is 2.86. The van der Waals surface area contributed by atoms with Crippen LogP contribution >= 0.6 is 11.8 Å². The summed E-state index contributed by atoms with van der Waals surface area (Å²) in [5.74, 6) is -0.321. The van der Waals surface area contributed by atoms with Gasteiger partial charge in [0.2, 0.25) is 0 Å². The maximum atomic E-state index is 11.6. The van der Waals surface area contributed by atoms with Gasteiger partial charge in [0.1, 0.15) is 0 Å². The third-order valence-corrected chi connectivity index (χ3v) is 4.00. The topological polar surface area (TPSA) is 38.7 Å². The van der Waals surface area contributed by atoms with Crippen molar-refractivity contribution in [2.45, 2.75) is 9.79 Å². The van der Waals surface area contributed by atoms with E-state index in [1.54, 1.807) is 17.8 Å². The lowest BCUT2D eigenvalue weighted by Gasteiger charge is -2.06. The predicted molar refractivity (Wildman–Crippen MR) is 75.6 cm³/mol. The fourth-order valence-corrected chi connectivity index (χ4v) is 2.92. The minimum Gasteiger partial charge on any atom is -0.465 e. The molecule has 1 heterocycles. The summed E-state index contributed by atoms with van der Waals surface area (Å²) in [6, 6.07) is 13.4. The van der Waals surface area contributed by atoms with Crippen LogP contribution in [-0.2, 0) is 4.74 Å². The molecule has 0 N–H and O–H groups in total. The number of nitrogens with zero attached hydrogens (tertiary/aromatic N) is 1. The van der Waals surface area contributed by atoms with Crippen molar-refractivity contribution in [3.05, 3.63) is 53.6 Å². The van der Waals surface area contributed by atoms with Gasteiger partial charge in [-0.3, -0.25) is 4.99 Å². The molecule has 2 aromatic rings. The Hall–Kier alpha value is -2.07. The van der Waals surface area contributed by atoms with Gasteiger partial charge in [-0.1, -0.05) is 30.0 Å². The largest absolute Gasteiger partial charge is 0.465 e. The molecule has 0 spiro atoms. The van der Waals surface area contributed by atoms with Crippen LogP contribution in [0.25, 0.3) is 0 Å². The fraction of sp³-hybridized carbons (Fsp3) is 0.0667. The molecule has 2 aromatic carbocycles. The summed E-state index contributed by atoms with van der Waals surface area (Å²) in [5.41, 5.74) is 2.51. The van der Waals surface area contributed by atoms with Crippen molar-refractivity contribution in [3.63, 3.8) is 0 Å². The van der Waals surface area contributed by atoms with Gasteiger partial charge in [0, 0.05) is 21.6 Å². The number of ether oxygens (including phenoxy) is 1. The second-order valence-electron chi connectivity index (χ2n) is 4.07. The van der Waals surface area contributed by atoms with Crippen LogP contribution in [-0.4, -0.2) is 19.3 Å². The van der Waals surface area contributed by atoms with Crippen LogP contribution in [0, 0.1) is 0 Å². The number of aliphatic imine (C=N–C) groups is 1. The van der Waals surface area contributed by atoms with Gasteiger partial charge in [0.05, 0.1) is 18.4 Å². The van der Waals surface area contributed by atoms with Gasteiger partial charge in [0.15, 0.2) is 0 Å². The van der Waals surface area contributed by atoms with E-state index < -0.39 is 0 Å². The molecule has 0 fully saturated rings. The highest BCUT2D eigenvalue weighted by Gasteiger charge is 2.13. The molecule has 0 aromatic heterocycles. The van der Waals surface area contributed by atoms with Crippen LogP contribution in [0.1, 0.15) is 15.9 Å². The van der Waals surface area contributed by atoms with Crippen molar-refractivity contribution < 1.29 is 9.53 Å². The maximum Gasteiger partial charge on any atom is 0.337 e. The highest BCUT2D eigenvalue weighted by molar-refractivity contribution is 7.99. The van der Waals surface area contributed by atoms with Crippen molar-refractivity contribution in [1.29, 1.82) is 0 Å². The molecule has 94 valence electrons. The molecule has 0 aliphatic carbocycles. The molecular weight excluding hydrogens is 258 g/mol. The molecule has 1 aliphatic heterocycles. The summed E-state index contributed by atoms with van der Waals surface area (Å²) < 4.78 is 4.75. The van der Waals surface area contributed by atoms with Gasteiger partial charge < -0.3 is 4.74 Å². The number of carbonyl (C=O) groups is 1. The first-order chi connectivity index (χ1) is 9.28. The first kappa shape index (κ1) is 12.0. The lowest BCUT2D eigenvalue weighted by molar-refractivity contribution is 0.0600. The molecule has 0 atom stereocenters. The monoisotopic (exact) mass is 269 g/mol. The van der Waals surface area contributed by atoms with E-state index in [-0.39, 0.29) is 5.97 Å². The van der Waals surface area contributed by atoms with Crippen LogP contribution in [0.3, 0.4) is 0 Å². The molecule has 3 rings (SSSR count). The highest BCUT2D eigenvalue weighted by Crippen LogP contribution is 2.38. The number of hydrogen-bond donors (Lipinski definition) is 0. The molecule has 19 heavy (non-hydrogen) atoms. The summed E-state index contributed by atoms with van der Waals surface area (Å²) in [5, 5.41) is 0. The number of esters is 1.